The second-order valence-corrected chi connectivity index (χ2v) is 5.30. The lowest BCUT2D eigenvalue weighted by atomic mass is 10.3. The molecule has 0 saturated carbocycles. The summed E-state index contributed by atoms with van der Waals surface area (Å²) in [7, 11) is 0. The predicted molar refractivity (Wildman–Crippen MR) is 86.8 cm³/mol. The molecule has 0 saturated heterocycles. The monoisotopic (exact) mass is 340 g/mol. The summed E-state index contributed by atoms with van der Waals surface area (Å²) < 4.78 is 5.49. The number of nitrogens with one attached hydrogen (secondary N) is 2. The van der Waals surface area contributed by atoms with Crippen LogP contribution in [0.5, 0.6) is 11.5 Å². The number of urea groups is 1. The van der Waals surface area contributed by atoms with E-state index in [1.165, 1.54) is 12.1 Å². The number of rotatable bonds is 4. The Labute approximate surface area is 137 Å². The van der Waals surface area contributed by atoms with Gasteiger partial charge in [-0.2, -0.15) is 0 Å². The van der Waals surface area contributed by atoms with E-state index in [1.807, 2.05) is 0 Å². The van der Waals surface area contributed by atoms with Crippen molar-refractivity contribution in [2.24, 2.45) is 0 Å². The maximum absolute atomic E-state index is 11.8. The van der Waals surface area contributed by atoms with Crippen LogP contribution < -0.4 is 15.4 Å². The molecule has 22 heavy (non-hydrogen) atoms. The van der Waals surface area contributed by atoms with E-state index in [0.717, 1.165) is 0 Å². The summed E-state index contributed by atoms with van der Waals surface area (Å²) in [6.45, 7) is 1.68. The van der Waals surface area contributed by atoms with Crippen LogP contribution in [0.15, 0.2) is 42.5 Å². The smallest absolute Gasteiger partial charge is 0.322 e. The van der Waals surface area contributed by atoms with Gasteiger partial charge in [0.05, 0.1) is 10.0 Å². The summed E-state index contributed by atoms with van der Waals surface area (Å²) in [6, 6.07) is 10.5. The van der Waals surface area contributed by atoms with Crippen LogP contribution in [0.2, 0.25) is 10.0 Å². The van der Waals surface area contributed by atoms with Crippen molar-refractivity contribution >= 4 is 34.9 Å². The van der Waals surface area contributed by atoms with Crippen molar-refractivity contribution in [1.29, 1.82) is 0 Å². The minimum atomic E-state index is -0.563. The number of hydrogen-bond acceptors (Lipinski definition) is 3. The Morgan fingerprint density at radius 3 is 2.45 bits per heavy atom. The molecule has 116 valence electrons. The molecular formula is C15H14Cl2N2O3. The molecule has 1 unspecified atom stereocenters. The number of ether oxygens (including phenoxy) is 1. The Morgan fingerprint density at radius 1 is 1.14 bits per heavy atom. The minimum absolute atomic E-state index is 0.144. The second-order valence-electron chi connectivity index (χ2n) is 4.48. The van der Waals surface area contributed by atoms with E-state index in [2.05, 4.69) is 10.6 Å². The van der Waals surface area contributed by atoms with Gasteiger partial charge in [0.1, 0.15) is 11.5 Å². The van der Waals surface area contributed by atoms with Crippen molar-refractivity contribution < 1.29 is 14.6 Å². The first-order valence-corrected chi connectivity index (χ1v) is 7.18. The average Bonchev–Trinajstić information content (AvgIpc) is 2.45. The van der Waals surface area contributed by atoms with Gasteiger partial charge in [0, 0.05) is 5.69 Å². The molecule has 0 fully saturated rings. The Bertz CT molecular complexity index is 662. The fraction of sp³-hybridized carbons (Fsp3) is 0.133. The first kappa shape index (κ1) is 16.3. The third-order valence-corrected chi connectivity index (χ3v) is 3.40. The Morgan fingerprint density at radius 2 is 1.82 bits per heavy atom. The maximum Gasteiger partial charge on any atom is 0.322 e. The minimum Gasteiger partial charge on any atom is -0.508 e. The quantitative estimate of drug-likeness (QED) is 0.728. The van der Waals surface area contributed by atoms with Gasteiger partial charge >= 0.3 is 6.03 Å². The summed E-state index contributed by atoms with van der Waals surface area (Å²) in [5, 5.41) is 15.2. The van der Waals surface area contributed by atoms with Crippen LogP contribution in [-0.4, -0.2) is 17.4 Å². The topological polar surface area (TPSA) is 70.6 Å². The summed E-state index contributed by atoms with van der Waals surface area (Å²) in [4.78, 5) is 11.8. The lowest BCUT2D eigenvalue weighted by Gasteiger charge is -2.17. The van der Waals surface area contributed by atoms with Gasteiger partial charge in [-0.15, -0.1) is 0 Å². The van der Waals surface area contributed by atoms with Crippen molar-refractivity contribution in [2.75, 3.05) is 5.32 Å². The summed E-state index contributed by atoms with van der Waals surface area (Å²) in [6.07, 6.45) is -0.563. The van der Waals surface area contributed by atoms with E-state index in [0.29, 0.717) is 21.5 Å². The third-order valence-electron chi connectivity index (χ3n) is 2.66. The molecule has 0 aliphatic heterocycles. The van der Waals surface area contributed by atoms with Crippen LogP contribution in [0.3, 0.4) is 0 Å². The molecule has 1 atom stereocenters. The van der Waals surface area contributed by atoms with Crippen LogP contribution in [0.1, 0.15) is 6.92 Å². The van der Waals surface area contributed by atoms with E-state index >= 15 is 0 Å². The Hall–Kier alpha value is -2.11. The zero-order chi connectivity index (χ0) is 16.1. The average molecular weight is 341 g/mol. The highest BCUT2D eigenvalue weighted by Gasteiger charge is 2.09. The van der Waals surface area contributed by atoms with Gasteiger partial charge in [-0.3, -0.25) is 0 Å². The highest BCUT2D eigenvalue weighted by molar-refractivity contribution is 6.42. The molecule has 0 aliphatic carbocycles. The number of carbonyl (C=O) groups is 1. The lowest BCUT2D eigenvalue weighted by molar-refractivity contribution is 0.183. The third kappa shape index (κ3) is 4.72. The zero-order valence-electron chi connectivity index (χ0n) is 11.6. The Kier molecular flexibility index (Phi) is 5.35. The van der Waals surface area contributed by atoms with Crippen LogP contribution in [0.25, 0.3) is 0 Å². The Balaban J connectivity index is 1.88. The fourth-order valence-electron chi connectivity index (χ4n) is 1.68. The number of phenolic OH excluding ortho intramolecular Hbond substituents is 1. The molecule has 5 nitrogen and oxygen atoms in total. The van der Waals surface area contributed by atoms with Gasteiger partial charge in [0.25, 0.3) is 0 Å². The van der Waals surface area contributed by atoms with Crippen LogP contribution >= 0.6 is 23.2 Å². The van der Waals surface area contributed by atoms with E-state index in [1.54, 1.807) is 37.3 Å². The highest BCUT2D eigenvalue weighted by Crippen LogP contribution is 2.25. The van der Waals surface area contributed by atoms with Gasteiger partial charge in [-0.1, -0.05) is 23.2 Å². The molecule has 2 aromatic rings. The molecule has 7 heteroatoms. The van der Waals surface area contributed by atoms with Crippen LogP contribution in [0, 0.1) is 0 Å². The molecular weight excluding hydrogens is 327 g/mol. The van der Waals surface area contributed by atoms with Crippen molar-refractivity contribution in [1.82, 2.24) is 5.32 Å². The largest absolute Gasteiger partial charge is 0.508 e. The number of benzene rings is 2. The molecule has 0 radical (unpaired) electrons. The van der Waals surface area contributed by atoms with E-state index in [4.69, 9.17) is 27.9 Å². The zero-order valence-corrected chi connectivity index (χ0v) is 13.2. The van der Waals surface area contributed by atoms with Gasteiger partial charge in [0.2, 0.25) is 0 Å². The molecule has 0 heterocycles. The van der Waals surface area contributed by atoms with Gasteiger partial charge < -0.3 is 20.5 Å². The maximum atomic E-state index is 11.8. The molecule has 0 bridgehead atoms. The molecule has 0 spiro atoms. The molecule has 0 aromatic heterocycles. The molecule has 2 aromatic carbocycles. The SMILES string of the molecule is CC(NC(=O)Nc1ccc(Cl)c(Cl)c1)Oc1ccc(O)cc1. The van der Waals surface area contributed by atoms with Crippen LogP contribution in [-0.2, 0) is 0 Å². The van der Waals surface area contributed by atoms with Gasteiger partial charge in [-0.25, -0.2) is 4.79 Å². The first-order chi connectivity index (χ1) is 10.4. The standard InChI is InChI=1S/C15H14Cl2N2O3/c1-9(22-12-5-3-11(20)4-6-12)18-15(21)19-10-2-7-13(16)14(17)8-10/h2-9,20H,1H3,(H2,18,19,21). The lowest BCUT2D eigenvalue weighted by Crippen LogP contribution is -2.39. The summed E-state index contributed by atoms with van der Waals surface area (Å²) >= 11 is 11.7. The van der Waals surface area contributed by atoms with E-state index in [9.17, 15) is 9.90 Å². The molecule has 2 rings (SSSR count). The summed E-state index contributed by atoms with van der Waals surface area (Å²) in [5.74, 6) is 0.672. The van der Waals surface area contributed by atoms with Crippen molar-refractivity contribution in [3.63, 3.8) is 0 Å². The second kappa shape index (κ2) is 7.24. The molecule has 3 N–H and O–H groups in total. The number of hydrogen-bond donors (Lipinski definition) is 3. The van der Waals surface area contributed by atoms with Crippen molar-refractivity contribution in [2.45, 2.75) is 13.2 Å². The van der Waals surface area contributed by atoms with Gasteiger partial charge in [-0.05, 0) is 49.4 Å². The fourth-order valence-corrected chi connectivity index (χ4v) is 1.98. The number of amides is 2. The van der Waals surface area contributed by atoms with Crippen LogP contribution in [0.4, 0.5) is 10.5 Å². The molecule has 0 aliphatic rings. The summed E-state index contributed by atoms with van der Waals surface area (Å²) in [5.41, 5.74) is 0.517. The van der Waals surface area contributed by atoms with Crippen molar-refractivity contribution in [3.05, 3.63) is 52.5 Å². The predicted octanol–water partition coefficient (Wildman–Crippen LogP) is 4.25. The highest BCUT2D eigenvalue weighted by atomic mass is 35.5. The van der Waals surface area contributed by atoms with E-state index in [-0.39, 0.29) is 5.75 Å². The molecule has 2 amide bonds. The number of aromatic hydroxyl groups is 1. The number of anilines is 1. The first-order valence-electron chi connectivity index (χ1n) is 6.42. The van der Waals surface area contributed by atoms with Crippen molar-refractivity contribution in [3.8, 4) is 11.5 Å². The van der Waals surface area contributed by atoms with E-state index < -0.39 is 12.3 Å². The number of halogens is 2. The number of carbonyl (C=O) groups excluding carboxylic acids is 1. The number of phenols is 1. The van der Waals surface area contributed by atoms with Gasteiger partial charge in [0.15, 0.2) is 6.23 Å². The normalized spacial score (nSPS) is 11.6.